The molecule has 4 aromatic rings. The van der Waals surface area contributed by atoms with Gasteiger partial charge in [-0.25, -0.2) is 19.9 Å². The number of benzene rings is 1. The van der Waals surface area contributed by atoms with Crippen LogP contribution in [0, 0.1) is 17.2 Å². The standard InChI is InChI=1S/C24H21N9O2/c1-33-13-28-24(32-33)15-4-3-5-17(23(15)35-2)29-18-10-20(27-12-16(18)22(34)14-6-7-14)30-19-8-9-26-21(11-25)31-19/h3-5,8-10,12-14H,6-7H2,1-2H3,(H2,26,27,29,30,31). The molecule has 11 heteroatoms. The molecule has 0 saturated heterocycles. The minimum atomic E-state index is 0.0159. The number of rotatable bonds is 8. The summed E-state index contributed by atoms with van der Waals surface area (Å²) in [5, 5.41) is 19.9. The number of hydrogen-bond acceptors (Lipinski definition) is 10. The van der Waals surface area contributed by atoms with E-state index in [4.69, 9.17) is 10.00 Å². The Morgan fingerprint density at radius 1 is 1.14 bits per heavy atom. The number of aromatic nitrogens is 6. The van der Waals surface area contributed by atoms with Gasteiger partial charge in [0.2, 0.25) is 5.82 Å². The van der Waals surface area contributed by atoms with Crippen LogP contribution in [-0.4, -0.2) is 42.6 Å². The molecule has 0 amide bonds. The molecule has 11 nitrogen and oxygen atoms in total. The van der Waals surface area contributed by atoms with E-state index in [1.165, 1.54) is 6.20 Å². The molecule has 2 N–H and O–H groups in total. The topological polar surface area (TPSA) is 144 Å². The summed E-state index contributed by atoms with van der Waals surface area (Å²) in [6, 6.07) is 10.9. The van der Waals surface area contributed by atoms with Gasteiger partial charge in [0.1, 0.15) is 24.0 Å². The zero-order chi connectivity index (χ0) is 24.4. The fourth-order valence-electron chi connectivity index (χ4n) is 3.64. The molecule has 5 rings (SSSR count). The number of methoxy groups -OCH3 is 1. The number of Topliss-reactive ketones (excluding diaryl/α,β-unsaturated/α-hetero) is 1. The fourth-order valence-corrected chi connectivity index (χ4v) is 3.64. The number of nitrogens with one attached hydrogen (secondary N) is 2. The summed E-state index contributed by atoms with van der Waals surface area (Å²) in [4.78, 5) is 29.7. The normalized spacial score (nSPS) is 12.6. The number of nitriles is 1. The van der Waals surface area contributed by atoms with E-state index in [-0.39, 0.29) is 17.5 Å². The monoisotopic (exact) mass is 467 g/mol. The average Bonchev–Trinajstić information content (AvgIpc) is 3.64. The van der Waals surface area contributed by atoms with Crippen LogP contribution in [0.2, 0.25) is 0 Å². The Kier molecular flexibility index (Phi) is 5.76. The third-order valence-electron chi connectivity index (χ3n) is 5.46. The molecule has 1 aliphatic carbocycles. The van der Waals surface area contributed by atoms with Crippen LogP contribution in [0.25, 0.3) is 11.4 Å². The molecule has 0 spiro atoms. The van der Waals surface area contributed by atoms with Gasteiger partial charge < -0.3 is 15.4 Å². The van der Waals surface area contributed by atoms with Gasteiger partial charge in [0.25, 0.3) is 0 Å². The second-order valence-corrected chi connectivity index (χ2v) is 8.01. The third-order valence-corrected chi connectivity index (χ3v) is 5.46. The fraction of sp³-hybridized carbons (Fsp3) is 0.208. The van der Waals surface area contributed by atoms with E-state index in [1.807, 2.05) is 24.3 Å². The van der Waals surface area contributed by atoms with Crippen molar-refractivity contribution in [1.82, 2.24) is 29.7 Å². The zero-order valence-electron chi connectivity index (χ0n) is 19.1. The lowest BCUT2D eigenvalue weighted by Crippen LogP contribution is -2.09. The van der Waals surface area contributed by atoms with Crippen molar-refractivity contribution in [2.45, 2.75) is 12.8 Å². The van der Waals surface area contributed by atoms with Crippen molar-refractivity contribution in [3.05, 3.63) is 60.4 Å². The molecule has 1 saturated carbocycles. The molecule has 3 aromatic heterocycles. The highest BCUT2D eigenvalue weighted by atomic mass is 16.5. The SMILES string of the molecule is COc1c(Nc2cc(Nc3ccnc(C#N)n3)ncc2C(=O)C2CC2)cccc1-c1ncn(C)n1. The van der Waals surface area contributed by atoms with Crippen molar-refractivity contribution in [1.29, 1.82) is 5.26 Å². The van der Waals surface area contributed by atoms with Crippen LogP contribution in [0.3, 0.4) is 0 Å². The van der Waals surface area contributed by atoms with Crippen molar-refractivity contribution in [3.8, 4) is 23.2 Å². The summed E-state index contributed by atoms with van der Waals surface area (Å²) < 4.78 is 7.33. The lowest BCUT2D eigenvalue weighted by atomic mass is 10.1. The third kappa shape index (κ3) is 4.63. The highest BCUT2D eigenvalue weighted by molar-refractivity contribution is 6.04. The number of anilines is 4. The van der Waals surface area contributed by atoms with Crippen LogP contribution in [-0.2, 0) is 7.05 Å². The molecule has 174 valence electrons. The van der Waals surface area contributed by atoms with Gasteiger partial charge in [-0.05, 0) is 31.0 Å². The number of aryl methyl sites for hydroxylation is 1. The first-order valence-corrected chi connectivity index (χ1v) is 10.9. The molecular formula is C24H21N9O2. The lowest BCUT2D eigenvalue weighted by Gasteiger charge is -2.17. The quantitative estimate of drug-likeness (QED) is 0.369. The summed E-state index contributed by atoms with van der Waals surface area (Å²) in [5.41, 5.74) is 2.42. The van der Waals surface area contributed by atoms with Crippen molar-refractivity contribution in [2.75, 3.05) is 17.7 Å². The van der Waals surface area contributed by atoms with Gasteiger partial charge in [0.15, 0.2) is 17.4 Å². The maximum Gasteiger partial charge on any atom is 0.234 e. The number of ketones is 1. The largest absolute Gasteiger partial charge is 0.494 e. The molecule has 0 unspecified atom stereocenters. The number of carbonyl (C=O) groups excluding carboxylic acids is 1. The summed E-state index contributed by atoms with van der Waals surface area (Å²) >= 11 is 0. The van der Waals surface area contributed by atoms with Gasteiger partial charge in [-0.1, -0.05) is 6.07 Å². The Balaban J connectivity index is 1.53. The first-order valence-electron chi connectivity index (χ1n) is 10.9. The molecule has 0 aliphatic heterocycles. The molecule has 1 aliphatic rings. The number of hydrogen-bond donors (Lipinski definition) is 2. The van der Waals surface area contributed by atoms with Crippen LogP contribution in [0.1, 0.15) is 29.0 Å². The Morgan fingerprint density at radius 3 is 2.71 bits per heavy atom. The highest BCUT2D eigenvalue weighted by Crippen LogP contribution is 2.39. The Morgan fingerprint density at radius 2 is 2.00 bits per heavy atom. The van der Waals surface area contributed by atoms with E-state index in [0.29, 0.717) is 45.7 Å². The van der Waals surface area contributed by atoms with Crippen molar-refractivity contribution >= 4 is 28.8 Å². The Hall–Kier alpha value is -4.85. The van der Waals surface area contributed by atoms with Gasteiger partial charge >= 0.3 is 0 Å². The van der Waals surface area contributed by atoms with Gasteiger partial charge in [-0.3, -0.25) is 9.48 Å². The minimum Gasteiger partial charge on any atom is -0.494 e. The Bertz CT molecular complexity index is 1450. The molecule has 0 atom stereocenters. The number of carbonyl (C=O) groups is 1. The number of para-hydroxylation sites is 1. The van der Waals surface area contributed by atoms with E-state index in [2.05, 4.69) is 35.7 Å². The van der Waals surface area contributed by atoms with Crippen LogP contribution in [0.4, 0.5) is 23.0 Å². The highest BCUT2D eigenvalue weighted by Gasteiger charge is 2.32. The van der Waals surface area contributed by atoms with Crippen molar-refractivity contribution in [3.63, 3.8) is 0 Å². The molecule has 0 radical (unpaired) electrons. The molecule has 3 heterocycles. The lowest BCUT2D eigenvalue weighted by molar-refractivity contribution is 0.0968. The first kappa shape index (κ1) is 22.0. The van der Waals surface area contributed by atoms with Gasteiger partial charge in [-0.2, -0.15) is 10.4 Å². The second kappa shape index (κ2) is 9.18. The Labute approximate surface area is 200 Å². The smallest absolute Gasteiger partial charge is 0.234 e. The van der Waals surface area contributed by atoms with Crippen LogP contribution < -0.4 is 15.4 Å². The molecular weight excluding hydrogens is 446 g/mol. The van der Waals surface area contributed by atoms with E-state index in [0.717, 1.165) is 12.8 Å². The maximum absolute atomic E-state index is 13.0. The summed E-state index contributed by atoms with van der Waals surface area (Å²) in [5.74, 6) is 2.03. The number of ether oxygens (including phenoxy) is 1. The minimum absolute atomic E-state index is 0.0159. The summed E-state index contributed by atoms with van der Waals surface area (Å²) in [6.07, 6.45) is 6.40. The zero-order valence-corrected chi connectivity index (χ0v) is 19.1. The molecule has 0 bridgehead atoms. The number of nitrogens with zero attached hydrogens (tertiary/aromatic N) is 7. The molecule has 1 aromatic carbocycles. The van der Waals surface area contributed by atoms with Crippen molar-refractivity contribution < 1.29 is 9.53 Å². The average molecular weight is 467 g/mol. The summed E-state index contributed by atoms with van der Waals surface area (Å²) in [7, 11) is 3.37. The van der Waals surface area contributed by atoms with E-state index < -0.39 is 0 Å². The predicted molar refractivity (Wildman–Crippen MR) is 128 cm³/mol. The molecule has 1 fully saturated rings. The maximum atomic E-state index is 13.0. The van der Waals surface area contributed by atoms with Gasteiger partial charge in [0, 0.05) is 31.4 Å². The van der Waals surface area contributed by atoms with E-state index in [9.17, 15) is 4.79 Å². The number of pyridine rings is 1. The van der Waals surface area contributed by atoms with Gasteiger partial charge in [-0.15, -0.1) is 0 Å². The van der Waals surface area contributed by atoms with Crippen molar-refractivity contribution in [2.24, 2.45) is 13.0 Å². The van der Waals surface area contributed by atoms with E-state index in [1.54, 1.807) is 43.5 Å². The van der Waals surface area contributed by atoms with Crippen LogP contribution in [0.5, 0.6) is 5.75 Å². The van der Waals surface area contributed by atoms with Gasteiger partial charge in [0.05, 0.1) is 29.6 Å². The van der Waals surface area contributed by atoms with Crippen LogP contribution in [0.15, 0.2) is 49.1 Å². The summed E-state index contributed by atoms with van der Waals surface area (Å²) in [6.45, 7) is 0. The van der Waals surface area contributed by atoms with Crippen LogP contribution >= 0.6 is 0 Å². The first-order chi connectivity index (χ1) is 17.1. The second-order valence-electron chi connectivity index (χ2n) is 8.01. The predicted octanol–water partition coefficient (Wildman–Crippen LogP) is 3.63. The van der Waals surface area contributed by atoms with E-state index >= 15 is 0 Å². The molecule has 35 heavy (non-hydrogen) atoms.